The van der Waals surface area contributed by atoms with E-state index >= 15 is 0 Å². The van der Waals surface area contributed by atoms with E-state index in [-0.39, 0.29) is 22.5 Å². The van der Waals surface area contributed by atoms with Crippen LogP contribution in [0.3, 0.4) is 0 Å². The summed E-state index contributed by atoms with van der Waals surface area (Å²) in [7, 11) is -3.69. The van der Waals surface area contributed by atoms with Crippen molar-refractivity contribution in [1.82, 2.24) is 14.1 Å². The maximum absolute atomic E-state index is 13.6. The van der Waals surface area contributed by atoms with Crippen molar-refractivity contribution in [3.8, 4) is 0 Å². The van der Waals surface area contributed by atoms with Gasteiger partial charge in [-0.2, -0.15) is 4.31 Å². The van der Waals surface area contributed by atoms with Gasteiger partial charge in [0.2, 0.25) is 10.0 Å². The van der Waals surface area contributed by atoms with E-state index in [9.17, 15) is 18.0 Å². The average Bonchev–Trinajstić information content (AvgIpc) is 3.58. The maximum atomic E-state index is 13.6. The molecule has 0 N–H and O–H groups in total. The summed E-state index contributed by atoms with van der Waals surface area (Å²) >= 11 is 0. The van der Waals surface area contributed by atoms with Crippen LogP contribution in [0.4, 0.5) is 5.69 Å². The number of nitrogens with zero attached hydrogens (tertiary/aromatic N) is 4. The summed E-state index contributed by atoms with van der Waals surface area (Å²) in [5.41, 5.74) is 1.18. The summed E-state index contributed by atoms with van der Waals surface area (Å²) in [5.74, 6) is -0.115. The Bertz CT molecular complexity index is 1110. The van der Waals surface area contributed by atoms with Crippen LogP contribution in [0.15, 0.2) is 45.9 Å². The Morgan fingerprint density at radius 3 is 2.09 bits per heavy atom. The van der Waals surface area contributed by atoms with Crippen LogP contribution in [-0.4, -0.2) is 86.7 Å². The molecule has 2 aromatic rings. The first-order chi connectivity index (χ1) is 16.4. The van der Waals surface area contributed by atoms with Crippen LogP contribution in [-0.2, 0) is 10.0 Å². The Morgan fingerprint density at radius 1 is 0.912 bits per heavy atom. The number of furan rings is 1. The predicted molar refractivity (Wildman–Crippen MR) is 129 cm³/mol. The zero-order valence-electron chi connectivity index (χ0n) is 19.8. The third kappa shape index (κ3) is 4.69. The number of hydrogen-bond acceptors (Lipinski definition) is 6. The lowest BCUT2D eigenvalue weighted by Crippen LogP contribution is -2.50. The third-order valence-electron chi connectivity index (χ3n) is 6.57. The summed E-state index contributed by atoms with van der Waals surface area (Å²) in [5, 5.41) is 0. The molecule has 0 saturated carbocycles. The first kappa shape index (κ1) is 24.3. The van der Waals surface area contributed by atoms with Gasteiger partial charge in [-0.25, -0.2) is 8.42 Å². The number of anilines is 1. The molecule has 10 heteroatoms. The minimum absolute atomic E-state index is 0.133. The van der Waals surface area contributed by atoms with E-state index in [1.165, 1.54) is 16.6 Å². The van der Waals surface area contributed by atoms with Crippen LogP contribution in [0.1, 0.15) is 47.6 Å². The second-order valence-corrected chi connectivity index (χ2v) is 10.5. The van der Waals surface area contributed by atoms with Crippen LogP contribution < -0.4 is 4.90 Å². The second kappa shape index (κ2) is 10.2. The lowest BCUT2D eigenvalue weighted by molar-refractivity contribution is 0.0518. The Balaban J connectivity index is 1.58. The quantitative estimate of drug-likeness (QED) is 0.595. The molecule has 34 heavy (non-hydrogen) atoms. The van der Waals surface area contributed by atoms with Crippen molar-refractivity contribution < 1.29 is 22.4 Å². The minimum atomic E-state index is -3.69. The summed E-state index contributed by atoms with van der Waals surface area (Å²) in [6.45, 7) is 7.54. The van der Waals surface area contributed by atoms with Gasteiger partial charge in [0.15, 0.2) is 5.76 Å². The smallest absolute Gasteiger partial charge is 0.289 e. The van der Waals surface area contributed by atoms with E-state index in [1.54, 1.807) is 47.9 Å². The first-order valence-corrected chi connectivity index (χ1v) is 13.3. The van der Waals surface area contributed by atoms with Crippen molar-refractivity contribution in [3.63, 3.8) is 0 Å². The van der Waals surface area contributed by atoms with Gasteiger partial charge in [-0.15, -0.1) is 0 Å². The molecule has 1 aromatic heterocycles. The van der Waals surface area contributed by atoms with Gasteiger partial charge in [0.25, 0.3) is 11.8 Å². The SMILES string of the molecule is CCN(CC)S(=O)(=O)c1ccc(N2CCCC2)c(C(=O)N2CCN(C(=O)c3ccco3)CC2)c1. The molecule has 0 bridgehead atoms. The van der Waals surface area contributed by atoms with Crippen LogP contribution >= 0.6 is 0 Å². The Labute approximate surface area is 201 Å². The van der Waals surface area contributed by atoms with Crippen LogP contribution in [0.25, 0.3) is 0 Å². The van der Waals surface area contributed by atoms with Crippen molar-refractivity contribution >= 4 is 27.5 Å². The van der Waals surface area contributed by atoms with Crippen LogP contribution in [0.5, 0.6) is 0 Å². The number of rotatable bonds is 7. The zero-order chi connectivity index (χ0) is 24.3. The molecule has 4 rings (SSSR count). The number of carbonyl (C=O) groups excluding carboxylic acids is 2. The van der Waals surface area contributed by atoms with Crippen molar-refractivity contribution in [2.24, 2.45) is 0 Å². The monoisotopic (exact) mass is 488 g/mol. The molecule has 0 aliphatic carbocycles. The van der Waals surface area contributed by atoms with Gasteiger partial charge in [-0.05, 0) is 43.2 Å². The van der Waals surface area contributed by atoms with Gasteiger partial charge in [0, 0.05) is 58.0 Å². The molecule has 2 amide bonds. The maximum Gasteiger partial charge on any atom is 0.289 e. The van der Waals surface area contributed by atoms with E-state index in [0.29, 0.717) is 44.8 Å². The van der Waals surface area contributed by atoms with Gasteiger partial charge in [-0.1, -0.05) is 13.8 Å². The molecule has 3 heterocycles. The van der Waals surface area contributed by atoms with E-state index in [1.807, 2.05) is 0 Å². The summed E-state index contributed by atoms with van der Waals surface area (Å²) < 4.78 is 32.9. The standard InChI is InChI=1S/C24H32N4O5S/c1-3-28(4-2)34(31,32)19-9-10-21(25-11-5-6-12-25)20(18-19)23(29)26-13-15-27(16-14-26)24(30)22-8-7-17-33-22/h7-10,17-18H,3-6,11-16H2,1-2H3. The molecule has 2 aliphatic heterocycles. The van der Waals surface area contributed by atoms with Gasteiger partial charge in [0.05, 0.1) is 16.7 Å². The van der Waals surface area contributed by atoms with Crippen molar-refractivity contribution in [2.75, 3.05) is 57.3 Å². The summed E-state index contributed by atoms with van der Waals surface area (Å²) in [4.78, 5) is 31.9. The molecule has 184 valence electrons. The minimum Gasteiger partial charge on any atom is -0.459 e. The summed E-state index contributed by atoms with van der Waals surface area (Å²) in [6.07, 6.45) is 3.55. The number of sulfonamides is 1. The lowest BCUT2D eigenvalue weighted by atomic mass is 10.1. The van der Waals surface area contributed by atoms with Crippen molar-refractivity contribution in [3.05, 3.63) is 47.9 Å². The van der Waals surface area contributed by atoms with E-state index in [4.69, 9.17) is 4.42 Å². The highest BCUT2D eigenvalue weighted by Gasteiger charge is 2.31. The molecular weight excluding hydrogens is 456 g/mol. The van der Waals surface area contributed by atoms with Crippen molar-refractivity contribution in [1.29, 1.82) is 0 Å². The highest BCUT2D eigenvalue weighted by atomic mass is 32.2. The van der Waals surface area contributed by atoms with Crippen LogP contribution in [0.2, 0.25) is 0 Å². The molecule has 0 unspecified atom stereocenters. The number of benzene rings is 1. The van der Waals surface area contributed by atoms with E-state index in [0.717, 1.165) is 31.6 Å². The highest BCUT2D eigenvalue weighted by molar-refractivity contribution is 7.89. The topological polar surface area (TPSA) is 94.4 Å². The Kier molecular flexibility index (Phi) is 7.27. The number of hydrogen-bond donors (Lipinski definition) is 0. The van der Waals surface area contributed by atoms with Gasteiger partial charge >= 0.3 is 0 Å². The predicted octanol–water partition coefficient (Wildman–Crippen LogP) is 2.51. The number of piperazine rings is 1. The highest BCUT2D eigenvalue weighted by Crippen LogP contribution is 2.30. The largest absolute Gasteiger partial charge is 0.459 e. The average molecular weight is 489 g/mol. The molecular formula is C24H32N4O5S. The van der Waals surface area contributed by atoms with Gasteiger partial charge < -0.3 is 19.1 Å². The fourth-order valence-electron chi connectivity index (χ4n) is 4.63. The summed E-state index contributed by atoms with van der Waals surface area (Å²) in [6, 6.07) is 8.21. The molecule has 0 spiro atoms. The normalized spacial score (nSPS) is 17.0. The molecule has 2 saturated heterocycles. The molecule has 1 aromatic carbocycles. The molecule has 9 nitrogen and oxygen atoms in total. The van der Waals surface area contributed by atoms with Crippen LogP contribution in [0, 0.1) is 0 Å². The number of amides is 2. The molecule has 0 radical (unpaired) electrons. The second-order valence-electron chi connectivity index (χ2n) is 8.52. The van der Waals surface area contributed by atoms with Gasteiger partial charge in [0.1, 0.15) is 0 Å². The van der Waals surface area contributed by atoms with Crippen molar-refractivity contribution in [2.45, 2.75) is 31.6 Å². The number of carbonyl (C=O) groups is 2. The van der Waals surface area contributed by atoms with E-state index < -0.39 is 10.0 Å². The molecule has 2 aliphatic rings. The molecule has 0 atom stereocenters. The molecule has 2 fully saturated rings. The fraction of sp³-hybridized carbons (Fsp3) is 0.500. The zero-order valence-corrected chi connectivity index (χ0v) is 20.6. The third-order valence-corrected chi connectivity index (χ3v) is 8.62. The Morgan fingerprint density at radius 2 is 1.53 bits per heavy atom. The van der Waals surface area contributed by atoms with E-state index in [2.05, 4.69) is 4.90 Å². The Hall–Kier alpha value is -2.85. The first-order valence-electron chi connectivity index (χ1n) is 11.9. The fourth-order valence-corrected chi connectivity index (χ4v) is 6.12. The van der Waals surface area contributed by atoms with Gasteiger partial charge in [-0.3, -0.25) is 9.59 Å². The lowest BCUT2D eigenvalue weighted by Gasteiger charge is -2.35.